The number of halogens is 4. The van der Waals surface area contributed by atoms with Crippen molar-refractivity contribution in [2.75, 3.05) is 0 Å². The van der Waals surface area contributed by atoms with Crippen LogP contribution in [0.2, 0.25) is 5.02 Å². The lowest BCUT2D eigenvalue weighted by atomic mass is 9.93. The molecule has 1 amide bonds. The highest BCUT2D eigenvalue weighted by Crippen LogP contribution is 2.42. The van der Waals surface area contributed by atoms with Crippen LogP contribution in [0.1, 0.15) is 29.5 Å². The van der Waals surface area contributed by atoms with E-state index in [2.05, 4.69) is 20.5 Å². The third kappa shape index (κ3) is 4.53. The van der Waals surface area contributed by atoms with Gasteiger partial charge < -0.3 is 10.4 Å². The molecule has 3 N–H and O–H groups in total. The standard InChI is InChI=1S/C23H16ClF3N4O3S/c24-14-3-1-12(16(9-14)23(25,26)27)8-15(11-2-4-17-13(7-11)10-28-31-17)18-19(32)29-21(35-18)30-22(5-6-22)20(33)34/h1-4,7,9-10H,5-6,8H2,(H,28,31)(H,33,34)(H,29,30,32). The number of alkyl halides is 3. The number of aliphatic imine (C=N–C) groups is 1. The molecule has 2 aromatic carbocycles. The van der Waals surface area contributed by atoms with Crippen LogP contribution in [0.5, 0.6) is 0 Å². The minimum absolute atomic E-state index is 0.0559. The van der Waals surface area contributed by atoms with Gasteiger partial charge in [-0.1, -0.05) is 23.7 Å². The normalized spacial score (nSPS) is 18.5. The van der Waals surface area contributed by atoms with Crippen LogP contribution in [-0.2, 0) is 22.2 Å². The minimum atomic E-state index is -4.65. The molecule has 12 heteroatoms. The lowest BCUT2D eigenvalue weighted by Gasteiger charge is -2.17. The number of hydrogen-bond acceptors (Lipinski definition) is 5. The van der Waals surface area contributed by atoms with Crippen LogP contribution in [0.3, 0.4) is 0 Å². The van der Waals surface area contributed by atoms with Gasteiger partial charge in [0.25, 0.3) is 5.91 Å². The topological polar surface area (TPSA) is 107 Å². The largest absolute Gasteiger partial charge is 0.480 e. The molecular weight excluding hydrogens is 505 g/mol. The second-order valence-corrected chi connectivity index (χ2v) is 9.73. The van der Waals surface area contributed by atoms with Gasteiger partial charge in [-0.15, -0.1) is 0 Å². The monoisotopic (exact) mass is 520 g/mol. The van der Waals surface area contributed by atoms with Crippen molar-refractivity contribution in [2.45, 2.75) is 31.0 Å². The fourth-order valence-corrected chi connectivity index (χ4v) is 5.06. The number of hydrogen-bond donors (Lipinski definition) is 3. The van der Waals surface area contributed by atoms with E-state index in [1.54, 1.807) is 24.4 Å². The van der Waals surface area contributed by atoms with Gasteiger partial charge in [-0.05, 0) is 72.0 Å². The molecule has 7 nitrogen and oxygen atoms in total. The summed E-state index contributed by atoms with van der Waals surface area (Å²) in [5.41, 5.74) is -0.551. The zero-order valence-electron chi connectivity index (χ0n) is 17.7. The number of nitrogens with one attached hydrogen (secondary N) is 2. The number of rotatable bonds is 5. The molecule has 0 atom stereocenters. The summed E-state index contributed by atoms with van der Waals surface area (Å²) >= 11 is 6.76. The second-order valence-electron chi connectivity index (χ2n) is 8.29. The number of aliphatic carboxylic acids is 1. The molecule has 0 radical (unpaired) electrons. The smallest absolute Gasteiger partial charge is 0.416 e. The van der Waals surface area contributed by atoms with E-state index in [1.165, 1.54) is 12.1 Å². The molecule has 3 aromatic rings. The maximum absolute atomic E-state index is 13.8. The Labute approximate surface area is 205 Å². The van der Waals surface area contributed by atoms with Crippen LogP contribution >= 0.6 is 23.4 Å². The van der Waals surface area contributed by atoms with Gasteiger partial charge in [0.1, 0.15) is 5.54 Å². The zero-order valence-corrected chi connectivity index (χ0v) is 19.3. The first-order chi connectivity index (χ1) is 16.6. The molecule has 1 aliphatic heterocycles. The quantitative estimate of drug-likeness (QED) is 0.408. The number of benzene rings is 2. The third-order valence-corrected chi connectivity index (χ3v) is 7.16. The summed E-state index contributed by atoms with van der Waals surface area (Å²) < 4.78 is 41.4. The summed E-state index contributed by atoms with van der Waals surface area (Å²) in [5.74, 6) is -1.70. The Kier molecular flexibility index (Phi) is 5.64. The van der Waals surface area contributed by atoms with E-state index in [-0.39, 0.29) is 27.1 Å². The minimum Gasteiger partial charge on any atom is -0.480 e. The molecule has 1 fully saturated rings. The Morgan fingerprint density at radius 2 is 2.00 bits per heavy atom. The second kappa shape index (κ2) is 8.42. The van der Waals surface area contributed by atoms with Crippen molar-refractivity contribution < 1.29 is 27.9 Å². The van der Waals surface area contributed by atoms with Crippen LogP contribution in [0.25, 0.3) is 16.5 Å². The number of amides is 1. The van der Waals surface area contributed by atoms with Gasteiger partial charge in [0.2, 0.25) is 0 Å². The Morgan fingerprint density at radius 3 is 2.69 bits per heavy atom. The zero-order chi connectivity index (χ0) is 25.0. The van der Waals surface area contributed by atoms with Crippen LogP contribution in [0.15, 0.2) is 52.5 Å². The number of aromatic amines is 1. The molecule has 35 heavy (non-hydrogen) atoms. The van der Waals surface area contributed by atoms with Crippen LogP contribution < -0.4 is 5.32 Å². The van der Waals surface area contributed by atoms with E-state index in [0.717, 1.165) is 23.3 Å². The van der Waals surface area contributed by atoms with Crippen LogP contribution in [0, 0.1) is 0 Å². The van der Waals surface area contributed by atoms with E-state index in [4.69, 9.17) is 11.6 Å². The molecular formula is C23H16ClF3N4O3S. The number of fused-ring (bicyclic) bond motifs is 1. The van der Waals surface area contributed by atoms with Gasteiger partial charge in [-0.25, -0.2) is 4.79 Å². The van der Waals surface area contributed by atoms with Gasteiger partial charge >= 0.3 is 12.1 Å². The Hall–Kier alpha value is -3.31. The molecule has 0 bridgehead atoms. The first-order valence-electron chi connectivity index (χ1n) is 10.4. The lowest BCUT2D eigenvalue weighted by Crippen LogP contribution is -2.41. The van der Waals surface area contributed by atoms with Crippen molar-refractivity contribution in [1.29, 1.82) is 0 Å². The maximum Gasteiger partial charge on any atom is 0.416 e. The SMILES string of the molecule is O=C1N=C(NC2(C(=O)O)CC2)SC1=C(Cc1ccc(Cl)cc1C(F)(F)F)c1ccc2[nH]ncc2c1. The number of carboxylic acid groups (broad SMARTS) is 1. The number of carbonyl (C=O) groups excluding carboxylic acids is 1. The average molecular weight is 521 g/mol. The predicted molar refractivity (Wildman–Crippen MR) is 126 cm³/mol. The summed E-state index contributed by atoms with van der Waals surface area (Å²) in [4.78, 5) is 28.5. The number of carbonyl (C=O) groups is 2. The van der Waals surface area contributed by atoms with E-state index < -0.39 is 29.2 Å². The summed E-state index contributed by atoms with van der Waals surface area (Å²) in [5, 5.41) is 19.8. The summed E-state index contributed by atoms with van der Waals surface area (Å²) in [6, 6.07) is 8.64. The Morgan fingerprint density at radius 1 is 1.23 bits per heavy atom. The van der Waals surface area contributed by atoms with E-state index in [0.29, 0.717) is 29.4 Å². The molecule has 2 heterocycles. The number of carboxylic acids is 1. The average Bonchev–Trinajstić information content (AvgIpc) is 3.27. The van der Waals surface area contributed by atoms with E-state index in [1.807, 2.05) is 0 Å². The summed E-state index contributed by atoms with van der Waals surface area (Å²) in [6.45, 7) is 0. The maximum atomic E-state index is 13.8. The highest BCUT2D eigenvalue weighted by atomic mass is 35.5. The first kappa shape index (κ1) is 23.4. The van der Waals surface area contributed by atoms with E-state index in [9.17, 15) is 27.9 Å². The lowest BCUT2D eigenvalue weighted by molar-refractivity contribution is -0.140. The molecule has 0 unspecified atom stereocenters. The number of allylic oxidation sites excluding steroid dienone is 1. The predicted octanol–water partition coefficient (Wildman–Crippen LogP) is 5.03. The van der Waals surface area contributed by atoms with Gasteiger partial charge in [0.05, 0.1) is 22.2 Å². The first-order valence-corrected chi connectivity index (χ1v) is 11.6. The Balaban J connectivity index is 1.59. The number of thioether (sulfide) groups is 1. The van der Waals surface area contributed by atoms with E-state index >= 15 is 0 Å². The van der Waals surface area contributed by atoms with Crippen LogP contribution in [0.4, 0.5) is 13.2 Å². The fourth-order valence-electron chi connectivity index (χ4n) is 3.87. The van der Waals surface area contributed by atoms with Crippen molar-refractivity contribution in [1.82, 2.24) is 15.5 Å². The van der Waals surface area contributed by atoms with Crippen molar-refractivity contribution in [3.05, 3.63) is 69.2 Å². The molecule has 1 saturated carbocycles. The summed E-state index contributed by atoms with van der Waals surface area (Å²) in [6.07, 6.45) is -2.53. The fraction of sp³-hybridized carbons (Fsp3) is 0.217. The van der Waals surface area contributed by atoms with Crippen molar-refractivity contribution in [3.8, 4) is 0 Å². The van der Waals surface area contributed by atoms with Gasteiger partial charge in [0.15, 0.2) is 5.17 Å². The molecule has 0 saturated heterocycles. The highest BCUT2D eigenvalue weighted by Gasteiger charge is 2.52. The van der Waals surface area contributed by atoms with Crippen molar-refractivity contribution in [3.63, 3.8) is 0 Å². The van der Waals surface area contributed by atoms with Gasteiger partial charge in [-0.3, -0.25) is 9.89 Å². The molecule has 180 valence electrons. The van der Waals surface area contributed by atoms with Crippen molar-refractivity contribution >= 4 is 56.9 Å². The third-order valence-electron chi connectivity index (χ3n) is 5.91. The number of nitrogens with zero attached hydrogens (tertiary/aromatic N) is 2. The Bertz CT molecular complexity index is 1440. The van der Waals surface area contributed by atoms with Gasteiger partial charge in [-0.2, -0.15) is 23.3 Å². The molecule has 2 aliphatic rings. The molecule has 1 aliphatic carbocycles. The number of amidine groups is 1. The molecule has 5 rings (SSSR count). The number of H-pyrrole nitrogens is 1. The summed E-state index contributed by atoms with van der Waals surface area (Å²) in [7, 11) is 0. The number of aromatic nitrogens is 2. The van der Waals surface area contributed by atoms with Crippen molar-refractivity contribution in [2.24, 2.45) is 4.99 Å². The molecule has 0 spiro atoms. The van der Waals surface area contributed by atoms with Gasteiger partial charge in [0, 0.05) is 10.4 Å². The van der Waals surface area contributed by atoms with Crippen LogP contribution in [-0.4, -0.2) is 37.9 Å². The highest BCUT2D eigenvalue weighted by molar-refractivity contribution is 8.18. The molecule has 1 aromatic heterocycles.